The van der Waals surface area contributed by atoms with E-state index in [0.717, 1.165) is 33.0 Å². The molecular weight excluding hydrogens is 412 g/mol. The van der Waals surface area contributed by atoms with Gasteiger partial charge < -0.3 is 21.5 Å². The average Bonchev–Trinajstić information content (AvgIpc) is 3.28. The van der Waals surface area contributed by atoms with E-state index in [1.54, 1.807) is 11.3 Å². The van der Waals surface area contributed by atoms with E-state index in [1.807, 2.05) is 13.1 Å². The molecule has 0 spiro atoms. The smallest absolute Gasteiger partial charge is 0.245 e. The fraction of sp³-hybridized carbons (Fsp3) is 0.318. The number of imidazole rings is 1. The molecule has 1 atom stereocenters. The lowest BCUT2D eigenvalue weighted by Gasteiger charge is -2.09. The van der Waals surface area contributed by atoms with Crippen molar-refractivity contribution < 1.29 is 9.90 Å². The van der Waals surface area contributed by atoms with Gasteiger partial charge in [-0.1, -0.05) is 30.4 Å². The van der Waals surface area contributed by atoms with Gasteiger partial charge in [0.15, 0.2) is 11.5 Å². The summed E-state index contributed by atoms with van der Waals surface area (Å²) in [5.74, 6) is 0.576. The first-order valence-electron chi connectivity index (χ1n) is 10.3. The number of aromatic nitrogens is 3. The molecular formula is C22H26N6O2S. The zero-order chi connectivity index (χ0) is 21.8. The Labute approximate surface area is 184 Å². The fourth-order valence-corrected chi connectivity index (χ4v) is 4.75. The number of nitrogens with two attached hydrogens (primary N) is 1. The van der Waals surface area contributed by atoms with Crippen molar-refractivity contribution in [1.82, 2.24) is 19.7 Å². The molecule has 9 heteroatoms. The quantitative estimate of drug-likeness (QED) is 0.401. The van der Waals surface area contributed by atoms with Gasteiger partial charge in [-0.3, -0.25) is 9.20 Å². The largest absolute Gasteiger partial charge is 0.387 e. The number of nitrogens with zero attached hydrogens (tertiary/aromatic N) is 3. The van der Waals surface area contributed by atoms with E-state index in [1.165, 1.54) is 5.57 Å². The third-order valence-corrected chi connectivity index (χ3v) is 6.24. The van der Waals surface area contributed by atoms with Crippen LogP contribution in [0.4, 0.5) is 5.82 Å². The van der Waals surface area contributed by atoms with Gasteiger partial charge in [0.2, 0.25) is 5.91 Å². The molecule has 5 N–H and O–H groups in total. The van der Waals surface area contributed by atoms with Gasteiger partial charge in [-0.25, -0.2) is 9.97 Å². The van der Waals surface area contributed by atoms with Crippen molar-refractivity contribution in [3.8, 4) is 0 Å². The van der Waals surface area contributed by atoms with E-state index < -0.39 is 12.5 Å². The Morgan fingerprint density at radius 1 is 1.35 bits per heavy atom. The van der Waals surface area contributed by atoms with E-state index in [-0.39, 0.29) is 0 Å². The molecule has 0 aliphatic heterocycles. The van der Waals surface area contributed by atoms with Gasteiger partial charge in [0.25, 0.3) is 0 Å². The molecule has 1 aliphatic carbocycles. The van der Waals surface area contributed by atoms with E-state index in [9.17, 15) is 4.79 Å². The number of aliphatic hydroxyl groups is 1. The van der Waals surface area contributed by atoms with Crippen LogP contribution in [0, 0.1) is 12.8 Å². The highest BCUT2D eigenvalue weighted by atomic mass is 32.1. The monoisotopic (exact) mass is 438 g/mol. The summed E-state index contributed by atoms with van der Waals surface area (Å²) in [6.45, 7) is 3.01. The molecule has 8 nitrogen and oxygen atoms in total. The maximum absolute atomic E-state index is 11.2. The van der Waals surface area contributed by atoms with Gasteiger partial charge in [0, 0.05) is 29.9 Å². The zero-order valence-corrected chi connectivity index (χ0v) is 18.2. The summed E-state index contributed by atoms with van der Waals surface area (Å²) in [6, 6.07) is 2.11. The number of anilines is 1. The standard InChI is InChI=1S/C22H26N6O2S/c1-14-12-26-21-20(25-9-8-24-19(30)13-29)27-17-11-18(31-22(17)28(14)21)16-5-3-2-4-15(10-16)6-7-23/h2-5,10-12,15,29H,6-9,13,23H2,1H3,(H,24,30)(H,25,27). The van der Waals surface area contributed by atoms with E-state index in [2.05, 4.69) is 56.5 Å². The summed E-state index contributed by atoms with van der Waals surface area (Å²) in [4.78, 5) is 22.8. The first-order chi connectivity index (χ1) is 15.1. The number of fused-ring (bicyclic) bond motifs is 3. The number of hydrogen-bond donors (Lipinski definition) is 4. The van der Waals surface area contributed by atoms with Crippen molar-refractivity contribution in [2.45, 2.75) is 13.3 Å². The second-order valence-corrected chi connectivity index (χ2v) is 8.39. The van der Waals surface area contributed by atoms with Gasteiger partial charge in [-0.15, -0.1) is 11.3 Å². The number of carbonyl (C=O) groups excluding carboxylic acids is 1. The number of nitrogens with one attached hydrogen (secondary N) is 2. The highest BCUT2D eigenvalue weighted by Crippen LogP contribution is 2.34. The molecule has 4 rings (SSSR count). The molecule has 1 unspecified atom stereocenters. The molecule has 1 aliphatic rings. The molecule has 0 saturated heterocycles. The van der Waals surface area contributed by atoms with E-state index in [4.69, 9.17) is 15.8 Å². The van der Waals surface area contributed by atoms with Gasteiger partial charge >= 0.3 is 0 Å². The van der Waals surface area contributed by atoms with Crippen molar-refractivity contribution in [1.29, 1.82) is 0 Å². The Kier molecular flexibility index (Phi) is 6.45. The summed E-state index contributed by atoms with van der Waals surface area (Å²) in [5, 5.41) is 14.7. The minimum absolute atomic E-state index is 0.314. The lowest BCUT2D eigenvalue weighted by molar-refractivity contribution is -0.123. The lowest BCUT2D eigenvalue weighted by Crippen LogP contribution is -2.31. The Bertz CT molecular complexity index is 1190. The molecule has 0 bridgehead atoms. The minimum atomic E-state index is -0.516. The molecule has 162 valence electrons. The molecule has 0 radical (unpaired) electrons. The van der Waals surface area contributed by atoms with E-state index in [0.29, 0.717) is 31.4 Å². The van der Waals surface area contributed by atoms with Gasteiger partial charge in [0.05, 0.1) is 0 Å². The summed E-state index contributed by atoms with van der Waals surface area (Å²) >= 11 is 1.69. The Morgan fingerprint density at radius 2 is 2.23 bits per heavy atom. The summed E-state index contributed by atoms with van der Waals surface area (Å²) < 4.78 is 2.11. The maximum Gasteiger partial charge on any atom is 0.245 e. The Balaban J connectivity index is 1.68. The lowest BCUT2D eigenvalue weighted by atomic mass is 10.0. The highest BCUT2D eigenvalue weighted by Gasteiger charge is 2.16. The third-order valence-electron chi connectivity index (χ3n) is 5.09. The number of aryl methyl sites for hydroxylation is 1. The zero-order valence-electron chi connectivity index (χ0n) is 17.3. The maximum atomic E-state index is 11.2. The van der Waals surface area contributed by atoms with Crippen molar-refractivity contribution in [3.63, 3.8) is 0 Å². The molecule has 31 heavy (non-hydrogen) atoms. The number of thiophene rings is 1. The minimum Gasteiger partial charge on any atom is -0.387 e. The number of rotatable bonds is 8. The second kappa shape index (κ2) is 9.42. The van der Waals surface area contributed by atoms with Crippen LogP contribution >= 0.6 is 11.3 Å². The van der Waals surface area contributed by atoms with Gasteiger partial charge in [-0.2, -0.15) is 0 Å². The predicted octanol–water partition coefficient (Wildman–Crippen LogP) is 2.25. The summed E-state index contributed by atoms with van der Waals surface area (Å²) in [6.07, 6.45) is 13.4. The molecule has 3 aromatic heterocycles. The molecule has 3 heterocycles. The molecule has 1 amide bonds. The van der Waals surface area contributed by atoms with Crippen LogP contribution in [0.2, 0.25) is 0 Å². The number of allylic oxidation sites excluding steroid dienone is 6. The normalized spacial score (nSPS) is 16.0. The number of hydrogen-bond acceptors (Lipinski definition) is 7. The SMILES string of the molecule is Cc1cnc2c(NCCNC(=O)CO)nc3cc(C4=CC(CCN)C=CC=C4)sc3n12. The van der Waals surface area contributed by atoms with Crippen molar-refractivity contribution in [2.75, 3.05) is 31.6 Å². The Morgan fingerprint density at radius 3 is 3.03 bits per heavy atom. The van der Waals surface area contributed by atoms with Crippen LogP contribution in [0.25, 0.3) is 21.6 Å². The molecule has 0 aromatic carbocycles. The highest BCUT2D eigenvalue weighted by molar-refractivity contribution is 7.19. The molecule has 3 aromatic rings. The van der Waals surface area contributed by atoms with Crippen LogP contribution in [-0.4, -0.2) is 51.6 Å². The van der Waals surface area contributed by atoms with E-state index >= 15 is 0 Å². The van der Waals surface area contributed by atoms with Crippen molar-refractivity contribution in [2.24, 2.45) is 11.7 Å². The first kappa shape index (κ1) is 21.2. The number of amides is 1. The average molecular weight is 439 g/mol. The van der Waals surface area contributed by atoms with Crippen molar-refractivity contribution in [3.05, 3.63) is 53.2 Å². The predicted molar refractivity (Wildman–Crippen MR) is 125 cm³/mol. The van der Waals surface area contributed by atoms with Crippen LogP contribution in [0.3, 0.4) is 0 Å². The first-order valence-corrected chi connectivity index (χ1v) is 11.1. The van der Waals surface area contributed by atoms with Gasteiger partial charge in [-0.05, 0) is 37.4 Å². The van der Waals surface area contributed by atoms with Gasteiger partial charge in [0.1, 0.15) is 17.0 Å². The molecule has 0 fully saturated rings. The summed E-state index contributed by atoms with van der Waals surface area (Å²) in [5.41, 5.74) is 9.60. The van der Waals surface area contributed by atoms with Crippen LogP contribution < -0.4 is 16.4 Å². The topological polar surface area (TPSA) is 118 Å². The van der Waals surface area contributed by atoms with Crippen LogP contribution in [-0.2, 0) is 4.79 Å². The number of carbonyl (C=O) groups is 1. The van der Waals surface area contributed by atoms with Crippen LogP contribution in [0.1, 0.15) is 17.0 Å². The number of aliphatic hydroxyl groups excluding tert-OH is 1. The second-order valence-electron chi connectivity index (χ2n) is 7.36. The summed E-state index contributed by atoms with van der Waals surface area (Å²) in [7, 11) is 0. The van der Waals surface area contributed by atoms with Crippen LogP contribution in [0.5, 0.6) is 0 Å². The third kappa shape index (κ3) is 4.53. The fourth-order valence-electron chi connectivity index (χ4n) is 3.59. The Hall–Kier alpha value is -3.01. The van der Waals surface area contributed by atoms with Crippen molar-refractivity contribution >= 4 is 44.6 Å². The van der Waals surface area contributed by atoms with Crippen LogP contribution in [0.15, 0.2) is 42.6 Å². The molecule has 0 saturated carbocycles.